The first-order valence-corrected chi connectivity index (χ1v) is 12.4. The lowest BCUT2D eigenvalue weighted by Crippen LogP contribution is -2.50. The zero-order valence-corrected chi connectivity index (χ0v) is 21.3. The number of carboxylic acids is 1. The Morgan fingerprint density at radius 3 is 2.35 bits per heavy atom. The first kappa shape index (κ1) is 27.1. The predicted molar refractivity (Wildman–Crippen MR) is 137 cm³/mol. The summed E-state index contributed by atoms with van der Waals surface area (Å²) in [5.74, 6) is -5.42. The van der Waals surface area contributed by atoms with Crippen LogP contribution in [0, 0.1) is 29.3 Å². The SMILES string of the molecule is C[C@H](N)C(=O)N[C@@H](C)C(=O)NC1C2CN(c3nc4c(cc3F)c(=O)c(C(=O)O)cn4-c3ccc(F)cc3F)CC21. The predicted octanol–water partition coefficient (Wildman–Crippen LogP) is 0.904. The molecule has 1 aromatic carbocycles. The quantitative estimate of drug-likeness (QED) is 0.333. The number of nitrogens with two attached hydrogens (primary N) is 1. The van der Waals surface area contributed by atoms with Crippen molar-refractivity contribution in [3.05, 3.63) is 63.7 Å². The molecule has 14 heteroatoms. The molecule has 1 aliphatic heterocycles. The Labute approximate surface area is 224 Å². The highest BCUT2D eigenvalue weighted by Crippen LogP contribution is 2.47. The van der Waals surface area contributed by atoms with Crippen LogP contribution in [0.2, 0.25) is 0 Å². The summed E-state index contributed by atoms with van der Waals surface area (Å²) < 4.78 is 44.5. The van der Waals surface area contributed by atoms with Crippen LogP contribution in [0.5, 0.6) is 0 Å². The molecule has 2 aromatic heterocycles. The lowest BCUT2D eigenvalue weighted by atomic mass is 10.1. The molecule has 2 amide bonds. The van der Waals surface area contributed by atoms with Crippen molar-refractivity contribution in [2.24, 2.45) is 17.6 Å². The summed E-state index contributed by atoms with van der Waals surface area (Å²) >= 11 is 0. The van der Waals surface area contributed by atoms with Gasteiger partial charge in [0.25, 0.3) is 0 Å². The van der Waals surface area contributed by atoms with Crippen molar-refractivity contribution in [1.29, 1.82) is 0 Å². The number of nitrogens with zero attached hydrogens (tertiary/aromatic N) is 3. The highest BCUT2D eigenvalue weighted by molar-refractivity contribution is 5.93. The molecule has 1 aliphatic carbocycles. The first-order chi connectivity index (χ1) is 18.9. The maximum atomic E-state index is 15.2. The summed E-state index contributed by atoms with van der Waals surface area (Å²) in [6, 6.07) is 1.71. The van der Waals surface area contributed by atoms with Crippen LogP contribution in [0.4, 0.5) is 19.0 Å². The maximum Gasteiger partial charge on any atom is 0.341 e. The summed E-state index contributed by atoms with van der Waals surface area (Å²) in [5, 5.41) is 14.5. The number of amides is 2. The van der Waals surface area contributed by atoms with Crippen molar-refractivity contribution in [1.82, 2.24) is 20.2 Å². The standard InChI is InChI=1S/C26H25F3N6O5/c1-10(30)24(37)31-11(2)25(38)32-20-14-7-34(8-15(14)20)23-18(29)6-13-21(36)16(26(39)40)9-35(22(13)33-23)19-4-3-12(27)5-17(19)28/h3-6,9-11,14-15,20H,7-8,30H2,1-2H3,(H,31,37)(H,32,38)(H,39,40)/t10-,11-,14?,15?,20?/m0/s1. The number of hydrogen-bond acceptors (Lipinski definition) is 7. The van der Waals surface area contributed by atoms with Crippen LogP contribution in [0.1, 0.15) is 24.2 Å². The maximum absolute atomic E-state index is 15.2. The number of fused-ring (bicyclic) bond motifs is 2. The average molecular weight is 559 g/mol. The van der Waals surface area contributed by atoms with Gasteiger partial charge in [-0.05, 0) is 32.0 Å². The van der Waals surface area contributed by atoms with E-state index in [9.17, 15) is 33.1 Å². The van der Waals surface area contributed by atoms with Gasteiger partial charge in [0.15, 0.2) is 17.3 Å². The van der Waals surface area contributed by atoms with Gasteiger partial charge in [-0.15, -0.1) is 0 Å². The summed E-state index contributed by atoms with van der Waals surface area (Å²) in [5.41, 5.74) is 3.28. The summed E-state index contributed by atoms with van der Waals surface area (Å²) in [6.45, 7) is 3.66. The van der Waals surface area contributed by atoms with Crippen molar-refractivity contribution in [3.8, 4) is 5.69 Å². The van der Waals surface area contributed by atoms with Crippen LogP contribution in [-0.2, 0) is 9.59 Å². The number of anilines is 1. The second-order valence-corrected chi connectivity index (χ2v) is 10.1. The van der Waals surface area contributed by atoms with E-state index in [2.05, 4.69) is 15.6 Å². The third-order valence-corrected chi connectivity index (χ3v) is 7.28. The summed E-state index contributed by atoms with van der Waals surface area (Å²) in [6.07, 6.45) is 0.871. The molecule has 5 rings (SSSR count). The van der Waals surface area contributed by atoms with Crippen LogP contribution in [0.3, 0.4) is 0 Å². The largest absolute Gasteiger partial charge is 0.477 e. The van der Waals surface area contributed by atoms with E-state index in [1.165, 1.54) is 13.8 Å². The smallest absolute Gasteiger partial charge is 0.341 e. The van der Waals surface area contributed by atoms with Gasteiger partial charge in [0.2, 0.25) is 17.2 Å². The molecule has 2 aliphatic rings. The summed E-state index contributed by atoms with van der Waals surface area (Å²) in [7, 11) is 0. The number of halogens is 3. The second kappa shape index (κ2) is 9.93. The number of hydrogen-bond donors (Lipinski definition) is 4. The monoisotopic (exact) mass is 558 g/mol. The molecule has 0 spiro atoms. The van der Waals surface area contributed by atoms with Gasteiger partial charge in [-0.3, -0.25) is 19.0 Å². The lowest BCUT2D eigenvalue weighted by Gasteiger charge is -2.23. The van der Waals surface area contributed by atoms with E-state index < -0.39 is 52.4 Å². The Morgan fingerprint density at radius 1 is 1.07 bits per heavy atom. The van der Waals surface area contributed by atoms with Gasteiger partial charge in [-0.25, -0.2) is 22.9 Å². The Kier molecular flexibility index (Phi) is 6.74. The summed E-state index contributed by atoms with van der Waals surface area (Å²) in [4.78, 5) is 54.6. The number of aromatic carboxylic acids is 1. The number of rotatable bonds is 7. The Hall–Kier alpha value is -4.46. The molecule has 4 atom stereocenters. The van der Waals surface area contributed by atoms with Crippen molar-refractivity contribution in [2.45, 2.75) is 32.0 Å². The van der Waals surface area contributed by atoms with E-state index in [1.54, 1.807) is 4.90 Å². The fourth-order valence-electron chi connectivity index (χ4n) is 5.06. The van der Waals surface area contributed by atoms with Crippen LogP contribution < -0.4 is 26.7 Å². The minimum Gasteiger partial charge on any atom is -0.477 e. The highest BCUT2D eigenvalue weighted by Gasteiger charge is 2.57. The van der Waals surface area contributed by atoms with Gasteiger partial charge >= 0.3 is 5.97 Å². The number of carbonyl (C=O) groups is 3. The Bertz CT molecular complexity index is 1610. The molecule has 0 bridgehead atoms. The topological polar surface area (TPSA) is 160 Å². The molecule has 1 saturated carbocycles. The number of piperidine rings is 1. The van der Waals surface area contributed by atoms with Crippen LogP contribution in [0.25, 0.3) is 16.7 Å². The molecule has 210 valence electrons. The molecular formula is C26H25F3N6O5. The lowest BCUT2D eigenvalue weighted by molar-refractivity contribution is -0.129. The number of carbonyl (C=O) groups excluding carboxylic acids is 2. The van der Waals surface area contributed by atoms with Gasteiger partial charge in [-0.2, -0.15) is 0 Å². The average Bonchev–Trinajstić information content (AvgIpc) is 3.31. The van der Waals surface area contributed by atoms with Crippen molar-refractivity contribution in [3.63, 3.8) is 0 Å². The van der Waals surface area contributed by atoms with Crippen LogP contribution in [0.15, 0.2) is 35.3 Å². The van der Waals surface area contributed by atoms with E-state index in [0.29, 0.717) is 19.2 Å². The minimum atomic E-state index is -1.60. The van der Waals surface area contributed by atoms with Crippen LogP contribution >= 0.6 is 0 Å². The highest BCUT2D eigenvalue weighted by atomic mass is 19.1. The van der Waals surface area contributed by atoms with Gasteiger partial charge < -0.3 is 26.4 Å². The van der Waals surface area contributed by atoms with Gasteiger partial charge in [0.05, 0.1) is 17.1 Å². The van der Waals surface area contributed by atoms with Crippen molar-refractivity contribution in [2.75, 3.05) is 18.0 Å². The fraction of sp³-hybridized carbons (Fsp3) is 0.346. The second-order valence-electron chi connectivity index (χ2n) is 10.1. The third-order valence-electron chi connectivity index (χ3n) is 7.28. The molecular weight excluding hydrogens is 533 g/mol. The molecule has 3 heterocycles. The van der Waals surface area contributed by atoms with E-state index in [4.69, 9.17) is 5.73 Å². The number of benzene rings is 1. The van der Waals surface area contributed by atoms with Gasteiger partial charge in [0, 0.05) is 43.2 Å². The van der Waals surface area contributed by atoms with E-state index in [0.717, 1.165) is 29.0 Å². The molecule has 3 aromatic rings. The molecule has 1 saturated heterocycles. The Balaban J connectivity index is 1.42. The zero-order valence-electron chi connectivity index (χ0n) is 21.3. The zero-order chi connectivity index (χ0) is 29.0. The van der Waals surface area contributed by atoms with Crippen molar-refractivity contribution >= 4 is 34.6 Å². The van der Waals surface area contributed by atoms with E-state index in [-0.39, 0.29) is 46.3 Å². The number of nitrogens with one attached hydrogen (secondary N) is 2. The third kappa shape index (κ3) is 4.74. The molecule has 2 fully saturated rings. The first-order valence-electron chi connectivity index (χ1n) is 12.4. The van der Waals surface area contributed by atoms with Gasteiger partial charge in [0.1, 0.15) is 23.2 Å². The van der Waals surface area contributed by atoms with E-state index >= 15 is 4.39 Å². The molecule has 2 unspecified atom stereocenters. The Morgan fingerprint density at radius 2 is 1.75 bits per heavy atom. The minimum absolute atomic E-state index is 0.0247. The molecule has 5 N–H and O–H groups in total. The van der Waals surface area contributed by atoms with E-state index in [1.807, 2.05) is 0 Å². The number of carboxylic acid groups (broad SMARTS) is 1. The molecule has 40 heavy (non-hydrogen) atoms. The van der Waals surface area contributed by atoms with Crippen molar-refractivity contribution < 1.29 is 32.7 Å². The van der Waals surface area contributed by atoms with Gasteiger partial charge in [-0.1, -0.05) is 0 Å². The van der Waals surface area contributed by atoms with Crippen LogP contribution in [-0.4, -0.2) is 63.7 Å². The number of pyridine rings is 2. The number of aromatic nitrogens is 2. The normalized spacial score (nSPS) is 21.1. The molecule has 0 radical (unpaired) electrons. The fourth-order valence-corrected chi connectivity index (χ4v) is 5.06. The molecule has 11 nitrogen and oxygen atoms in total.